The molecule has 0 atom stereocenters. The maximum absolute atomic E-state index is 4.61. The smallest absolute Gasteiger partial charge is 0.0702 e. The van der Waals surface area contributed by atoms with Crippen molar-refractivity contribution in [2.24, 2.45) is 0 Å². The molecule has 0 aliphatic carbocycles. The maximum Gasteiger partial charge on any atom is 0.0702 e. The van der Waals surface area contributed by atoms with Gasteiger partial charge in [-0.1, -0.05) is 32.0 Å². The largest absolute Gasteiger partial charge is 0.314 e. The van der Waals surface area contributed by atoms with E-state index in [0.717, 1.165) is 38.2 Å². The van der Waals surface area contributed by atoms with Crippen molar-refractivity contribution in [1.82, 2.24) is 15.2 Å². The van der Waals surface area contributed by atoms with Crippen molar-refractivity contribution in [2.45, 2.75) is 19.3 Å². The highest BCUT2D eigenvalue weighted by Crippen LogP contribution is 2.26. The molecule has 106 valence electrons. The highest BCUT2D eigenvalue weighted by molar-refractivity contribution is 5.78. The fourth-order valence-corrected chi connectivity index (χ4v) is 2.96. The minimum absolute atomic E-state index is 0.133. The molecule has 1 fully saturated rings. The Bertz CT molecular complexity index is 586. The molecule has 3 rings (SSSR count). The van der Waals surface area contributed by atoms with Crippen molar-refractivity contribution < 1.29 is 0 Å². The van der Waals surface area contributed by atoms with E-state index in [4.69, 9.17) is 0 Å². The van der Waals surface area contributed by atoms with Crippen LogP contribution in [0.1, 0.15) is 19.4 Å². The van der Waals surface area contributed by atoms with Crippen molar-refractivity contribution in [2.75, 3.05) is 32.7 Å². The summed E-state index contributed by atoms with van der Waals surface area (Å²) in [5.41, 5.74) is 2.54. The van der Waals surface area contributed by atoms with E-state index in [1.165, 1.54) is 10.9 Å². The Kier molecular flexibility index (Phi) is 3.72. The SMILES string of the molecule is CC(C)(CN1CCNCC1)c1cnc2ccccc2c1. The third kappa shape index (κ3) is 2.84. The molecule has 1 aromatic carbocycles. The number of benzene rings is 1. The van der Waals surface area contributed by atoms with Gasteiger partial charge >= 0.3 is 0 Å². The second-order valence-corrected chi connectivity index (χ2v) is 6.33. The fourth-order valence-electron chi connectivity index (χ4n) is 2.96. The van der Waals surface area contributed by atoms with Crippen LogP contribution in [0.25, 0.3) is 10.9 Å². The molecule has 2 heterocycles. The van der Waals surface area contributed by atoms with Crippen molar-refractivity contribution in [3.63, 3.8) is 0 Å². The van der Waals surface area contributed by atoms with E-state index < -0.39 is 0 Å². The molecular weight excluding hydrogens is 246 g/mol. The Balaban J connectivity index is 1.83. The van der Waals surface area contributed by atoms with Gasteiger partial charge < -0.3 is 5.32 Å². The first-order valence-electron chi connectivity index (χ1n) is 7.43. The fraction of sp³-hybridized carbons (Fsp3) is 0.471. The first kappa shape index (κ1) is 13.5. The van der Waals surface area contributed by atoms with Gasteiger partial charge in [-0.3, -0.25) is 9.88 Å². The van der Waals surface area contributed by atoms with Crippen LogP contribution in [0.5, 0.6) is 0 Å². The van der Waals surface area contributed by atoms with Gasteiger partial charge in [0.25, 0.3) is 0 Å². The second-order valence-electron chi connectivity index (χ2n) is 6.33. The van der Waals surface area contributed by atoms with Gasteiger partial charge in [0.2, 0.25) is 0 Å². The van der Waals surface area contributed by atoms with Gasteiger partial charge in [-0.15, -0.1) is 0 Å². The molecule has 1 aromatic heterocycles. The van der Waals surface area contributed by atoms with Gasteiger partial charge in [0.05, 0.1) is 5.52 Å². The topological polar surface area (TPSA) is 28.2 Å². The molecule has 20 heavy (non-hydrogen) atoms. The number of aromatic nitrogens is 1. The average Bonchev–Trinajstić information content (AvgIpc) is 2.47. The van der Waals surface area contributed by atoms with Gasteiger partial charge in [-0.25, -0.2) is 0 Å². The van der Waals surface area contributed by atoms with Gasteiger partial charge in [0, 0.05) is 49.7 Å². The standard InChI is InChI=1S/C17H23N3/c1-17(2,13-20-9-7-18-8-10-20)15-11-14-5-3-4-6-16(14)19-12-15/h3-6,11-12,18H,7-10,13H2,1-2H3. The molecule has 3 heteroatoms. The van der Waals surface area contributed by atoms with Crippen LogP contribution in [0.15, 0.2) is 36.5 Å². The molecule has 1 N–H and O–H groups in total. The Morgan fingerprint density at radius 2 is 1.95 bits per heavy atom. The second kappa shape index (κ2) is 5.51. The summed E-state index contributed by atoms with van der Waals surface area (Å²) in [6.45, 7) is 10.2. The lowest BCUT2D eigenvalue weighted by atomic mass is 9.84. The van der Waals surface area contributed by atoms with Crippen LogP contribution in [-0.4, -0.2) is 42.6 Å². The minimum Gasteiger partial charge on any atom is -0.314 e. The summed E-state index contributed by atoms with van der Waals surface area (Å²) < 4.78 is 0. The molecule has 1 saturated heterocycles. The van der Waals surface area contributed by atoms with E-state index in [0.29, 0.717) is 0 Å². The van der Waals surface area contributed by atoms with E-state index in [1.807, 2.05) is 12.3 Å². The molecule has 0 unspecified atom stereocenters. The number of para-hydroxylation sites is 1. The van der Waals surface area contributed by atoms with Crippen molar-refractivity contribution in [1.29, 1.82) is 0 Å². The number of nitrogens with one attached hydrogen (secondary N) is 1. The Morgan fingerprint density at radius 3 is 2.75 bits per heavy atom. The molecule has 0 amide bonds. The van der Waals surface area contributed by atoms with Crippen molar-refractivity contribution in [3.8, 4) is 0 Å². The third-order valence-electron chi connectivity index (χ3n) is 4.20. The van der Waals surface area contributed by atoms with Crippen LogP contribution >= 0.6 is 0 Å². The number of hydrogen-bond acceptors (Lipinski definition) is 3. The molecule has 0 bridgehead atoms. The number of piperazine rings is 1. The summed E-state index contributed by atoms with van der Waals surface area (Å²) in [6, 6.07) is 10.6. The van der Waals surface area contributed by atoms with Gasteiger partial charge in [-0.05, 0) is 17.7 Å². The number of nitrogens with zero attached hydrogens (tertiary/aromatic N) is 2. The monoisotopic (exact) mass is 269 g/mol. The summed E-state index contributed by atoms with van der Waals surface area (Å²) in [7, 11) is 0. The van der Waals surface area contributed by atoms with E-state index in [1.54, 1.807) is 0 Å². The van der Waals surface area contributed by atoms with Crippen molar-refractivity contribution in [3.05, 3.63) is 42.1 Å². The van der Waals surface area contributed by atoms with Gasteiger partial charge in [0.15, 0.2) is 0 Å². The lowest BCUT2D eigenvalue weighted by molar-refractivity contribution is 0.200. The Hall–Kier alpha value is -1.45. The zero-order valence-corrected chi connectivity index (χ0v) is 12.4. The zero-order chi connectivity index (χ0) is 14.0. The average molecular weight is 269 g/mol. The summed E-state index contributed by atoms with van der Waals surface area (Å²) in [4.78, 5) is 7.16. The first-order valence-corrected chi connectivity index (χ1v) is 7.43. The highest BCUT2D eigenvalue weighted by Gasteiger charge is 2.25. The molecule has 2 aromatic rings. The van der Waals surface area contributed by atoms with E-state index in [-0.39, 0.29) is 5.41 Å². The number of rotatable bonds is 3. The van der Waals surface area contributed by atoms with Crippen molar-refractivity contribution >= 4 is 10.9 Å². The first-order chi connectivity index (χ1) is 9.65. The number of hydrogen-bond donors (Lipinski definition) is 1. The van der Waals surface area contributed by atoms with Crippen LogP contribution in [0.4, 0.5) is 0 Å². The predicted molar refractivity (Wildman–Crippen MR) is 84.1 cm³/mol. The van der Waals surface area contributed by atoms with E-state index >= 15 is 0 Å². The molecule has 1 aliphatic heterocycles. The summed E-state index contributed by atoms with van der Waals surface area (Å²) >= 11 is 0. The Labute approximate surface area is 121 Å². The lowest BCUT2D eigenvalue weighted by Gasteiger charge is -2.35. The third-order valence-corrected chi connectivity index (χ3v) is 4.20. The van der Waals surface area contributed by atoms with E-state index in [2.05, 4.69) is 53.3 Å². The quantitative estimate of drug-likeness (QED) is 0.927. The molecule has 0 saturated carbocycles. The molecule has 0 spiro atoms. The summed E-state index contributed by atoms with van der Waals surface area (Å²) in [5, 5.41) is 4.65. The molecule has 1 aliphatic rings. The molecule has 3 nitrogen and oxygen atoms in total. The van der Waals surface area contributed by atoms with Gasteiger partial charge in [0.1, 0.15) is 0 Å². The predicted octanol–water partition coefficient (Wildman–Crippen LogP) is 2.42. The number of fused-ring (bicyclic) bond motifs is 1. The number of pyridine rings is 1. The van der Waals surface area contributed by atoms with E-state index in [9.17, 15) is 0 Å². The van der Waals surface area contributed by atoms with Crippen LogP contribution in [0.3, 0.4) is 0 Å². The van der Waals surface area contributed by atoms with Crippen LogP contribution < -0.4 is 5.32 Å². The molecular formula is C17H23N3. The summed E-state index contributed by atoms with van der Waals surface area (Å²) in [6.07, 6.45) is 2.05. The Morgan fingerprint density at radius 1 is 1.20 bits per heavy atom. The zero-order valence-electron chi connectivity index (χ0n) is 12.4. The van der Waals surface area contributed by atoms with Crippen LogP contribution in [0.2, 0.25) is 0 Å². The highest BCUT2D eigenvalue weighted by atomic mass is 15.2. The summed E-state index contributed by atoms with van der Waals surface area (Å²) in [5.74, 6) is 0. The van der Waals surface area contributed by atoms with Gasteiger partial charge in [-0.2, -0.15) is 0 Å². The minimum atomic E-state index is 0.133. The lowest BCUT2D eigenvalue weighted by Crippen LogP contribution is -2.47. The molecule has 0 radical (unpaired) electrons. The maximum atomic E-state index is 4.61. The van der Waals surface area contributed by atoms with Crippen LogP contribution in [-0.2, 0) is 5.41 Å². The van der Waals surface area contributed by atoms with Crippen LogP contribution in [0, 0.1) is 0 Å². The normalized spacial score (nSPS) is 17.5.